The van der Waals surface area contributed by atoms with Crippen molar-refractivity contribution in [1.29, 1.82) is 0 Å². The third-order valence-electron chi connectivity index (χ3n) is 4.34. The summed E-state index contributed by atoms with van der Waals surface area (Å²) in [5.74, 6) is 0.0769. The molecule has 0 unspecified atom stereocenters. The van der Waals surface area contributed by atoms with Crippen molar-refractivity contribution in [1.82, 2.24) is 0 Å². The summed E-state index contributed by atoms with van der Waals surface area (Å²) < 4.78 is 16.3. The largest absolute Gasteiger partial charge is 0.497 e. The number of nitrogens with one attached hydrogen (secondary N) is 1. The van der Waals surface area contributed by atoms with Gasteiger partial charge in [0.2, 0.25) is 6.10 Å². The van der Waals surface area contributed by atoms with Crippen LogP contribution in [0.3, 0.4) is 0 Å². The second-order valence-corrected chi connectivity index (χ2v) is 6.34. The first-order valence-corrected chi connectivity index (χ1v) is 9.55. The fraction of sp³-hybridized carbons (Fsp3) is 0.167. The Hall–Kier alpha value is -3.80. The molecule has 30 heavy (non-hydrogen) atoms. The Balaban J connectivity index is 1.84. The van der Waals surface area contributed by atoms with Crippen LogP contribution in [0, 0.1) is 0 Å². The van der Waals surface area contributed by atoms with Crippen molar-refractivity contribution in [3.8, 4) is 11.5 Å². The van der Waals surface area contributed by atoms with Gasteiger partial charge in [0, 0.05) is 5.56 Å². The summed E-state index contributed by atoms with van der Waals surface area (Å²) in [6.45, 7) is 2.32. The van der Waals surface area contributed by atoms with E-state index >= 15 is 0 Å². The molecule has 0 saturated heterocycles. The first-order valence-electron chi connectivity index (χ1n) is 9.55. The van der Waals surface area contributed by atoms with Gasteiger partial charge in [0.15, 0.2) is 0 Å². The van der Waals surface area contributed by atoms with Gasteiger partial charge in [-0.3, -0.25) is 4.79 Å². The molecule has 0 fully saturated rings. The first-order chi connectivity index (χ1) is 14.6. The van der Waals surface area contributed by atoms with E-state index in [9.17, 15) is 9.59 Å². The molecule has 1 amide bonds. The lowest BCUT2D eigenvalue weighted by Crippen LogP contribution is -2.26. The van der Waals surface area contributed by atoms with Crippen molar-refractivity contribution in [2.24, 2.45) is 0 Å². The van der Waals surface area contributed by atoms with Gasteiger partial charge < -0.3 is 19.5 Å². The average molecular weight is 405 g/mol. The van der Waals surface area contributed by atoms with Crippen LogP contribution in [-0.4, -0.2) is 25.6 Å². The maximum absolute atomic E-state index is 13.1. The Bertz CT molecular complexity index is 986. The molecule has 0 saturated carbocycles. The van der Waals surface area contributed by atoms with E-state index in [2.05, 4.69) is 5.32 Å². The number of carbonyl (C=O) groups excluding carboxylic acids is 2. The van der Waals surface area contributed by atoms with Crippen molar-refractivity contribution in [3.63, 3.8) is 0 Å². The topological polar surface area (TPSA) is 73.9 Å². The SMILES string of the molecule is CCOc1ccccc1NC(=O)[C@H](OC(=O)c1ccc(OC)cc1)c1ccccc1. The second kappa shape index (κ2) is 10.1. The van der Waals surface area contributed by atoms with Gasteiger partial charge in [-0.15, -0.1) is 0 Å². The van der Waals surface area contributed by atoms with Crippen LogP contribution < -0.4 is 14.8 Å². The predicted molar refractivity (Wildman–Crippen MR) is 114 cm³/mol. The zero-order chi connectivity index (χ0) is 21.3. The highest BCUT2D eigenvalue weighted by atomic mass is 16.5. The van der Waals surface area contributed by atoms with Gasteiger partial charge in [0.05, 0.1) is 25.0 Å². The number of hydrogen-bond acceptors (Lipinski definition) is 5. The normalized spacial score (nSPS) is 11.3. The lowest BCUT2D eigenvalue weighted by atomic mass is 10.1. The van der Waals surface area contributed by atoms with Crippen LogP contribution >= 0.6 is 0 Å². The molecule has 0 heterocycles. The van der Waals surface area contributed by atoms with Gasteiger partial charge in [-0.1, -0.05) is 42.5 Å². The molecule has 154 valence electrons. The molecule has 6 nitrogen and oxygen atoms in total. The van der Waals surface area contributed by atoms with Gasteiger partial charge in [-0.2, -0.15) is 0 Å². The number of amides is 1. The fourth-order valence-electron chi connectivity index (χ4n) is 2.85. The molecule has 0 aliphatic heterocycles. The number of rotatable bonds is 8. The molecule has 0 radical (unpaired) electrons. The van der Waals surface area contributed by atoms with Gasteiger partial charge in [-0.25, -0.2) is 4.79 Å². The van der Waals surface area contributed by atoms with Crippen molar-refractivity contribution < 1.29 is 23.8 Å². The molecule has 0 spiro atoms. The van der Waals surface area contributed by atoms with Crippen LogP contribution in [0.2, 0.25) is 0 Å². The summed E-state index contributed by atoms with van der Waals surface area (Å²) in [4.78, 5) is 25.8. The zero-order valence-electron chi connectivity index (χ0n) is 16.8. The van der Waals surface area contributed by atoms with Crippen molar-refractivity contribution in [2.45, 2.75) is 13.0 Å². The molecule has 0 aromatic heterocycles. The van der Waals surface area contributed by atoms with Crippen LogP contribution in [-0.2, 0) is 9.53 Å². The average Bonchev–Trinajstić information content (AvgIpc) is 2.79. The number of hydrogen-bond donors (Lipinski definition) is 1. The molecule has 3 aromatic carbocycles. The number of esters is 1. The van der Waals surface area contributed by atoms with E-state index in [0.717, 1.165) is 0 Å². The van der Waals surface area contributed by atoms with Gasteiger partial charge in [0.25, 0.3) is 5.91 Å². The zero-order valence-corrected chi connectivity index (χ0v) is 16.8. The van der Waals surface area contributed by atoms with Crippen LogP contribution in [0.4, 0.5) is 5.69 Å². The summed E-state index contributed by atoms with van der Waals surface area (Å²) in [5.41, 5.74) is 1.38. The van der Waals surface area contributed by atoms with Gasteiger partial charge >= 0.3 is 5.97 Å². The van der Waals surface area contributed by atoms with Crippen LogP contribution in [0.25, 0.3) is 0 Å². The number of para-hydroxylation sites is 2. The quantitative estimate of drug-likeness (QED) is 0.553. The highest BCUT2D eigenvalue weighted by molar-refractivity contribution is 5.99. The minimum Gasteiger partial charge on any atom is -0.497 e. The third kappa shape index (κ3) is 5.17. The van der Waals surface area contributed by atoms with Crippen LogP contribution in [0.15, 0.2) is 78.9 Å². The molecule has 0 bridgehead atoms. The Kier molecular flexibility index (Phi) is 7.05. The Morgan fingerprint density at radius 3 is 2.23 bits per heavy atom. The minimum absolute atomic E-state index is 0.319. The van der Waals surface area contributed by atoms with E-state index in [1.54, 1.807) is 73.8 Å². The van der Waals surface area contributed by atoms with Crippen LogP contribution in [0.5, 0.6) is 11.5 Å². The van der Waals surface area contributed by atoms with Crippen molar-refractivity contribution in [2.75, 3.05) is 19.0 Å². The smallest absolute Gasteiger partial charge is 0.339 e. The molecular formula is C24H23NO5. The molecule has 6 heteroatoms. The summed E-state index contributed by atoms with van der Waals surface area (Å²) >= 11 is 0. The minimum atomic E-state index is -1.13. The van der Waals surface area contributed by atoms with E-state index in [4.69, 9.17) is 14.2 Å². The van der Waals surface area contributed by atoms with E-state index in [1.165, 1.54) is 0 Å². The number of ether oxygens (including phenoxy) is 3. The Morgan fingerprint density at radius 1 is 0.900 bits per heavy atom. The molecule has 3 rings (SSSR count). The van der Waals surface area contributed by atoms with E-state index in [0.29, 0.717) is 34.9 Å². The molecule has 0 aliphatic carbocycles. The molecule has 1 N–H and O–H groups in total. The summed E-state index contributed by atoms with van der Waals surface area (Å²) in [5, 5.41) is 2.81. The lowest BCUT2D eigenvalue weighted by molar-refractivity contribution is -0.125. The monoisotopic (exact) mass is 405 g/mol. The molecular weight excluding hydrogens is 382 g/mol. The number of carbonyl (C=O) groups is 2. The second-order valence-electron chi connectivity index (χ2n) is 6.34. The van der Waals surface area contributed by atoms with Crippen molar-refractivity contribution in [3.05, 3.63) is 90.0 Å². The number of benzene rings is 3. The van der Waals surface area contributed by atoms with Gasteiger partial charge in [-0.05, 0) is 43.3 Å². The summed E-state index contributed by atoms with van der Waals surface area (Å²) in [6, 6.07) is 22.5. The third-order valence-corrected chi connectivity index (χ3v) is 4.34. The van der Waals surface area contributed by atoms with E-state index in [-0.39, 0.29) is 0 Å². The Labute approximate surface area is 175 Å². The number of methoxy groups -OCH3 is 1. The maximum Gasteiger partial charge on any atom is 0.339 e. The fourth-order valence-corrected chi connectivity index (χ4v) is 2.85. The van der Waals surface area contributed by atoms with Crippen LogP contribution in [0.1, 0.15) is 28.9 Å². The lowest BCUT2D eigenvalue weighted by Gasteiger charge is -2.19. The summed E-state index contributed by atoms with van der Waals surface area (Å²) in [7, 11) is 1.54. The van der Waals surface area contributed by atoms with E-state index in [1.807, 2.05) is 19.1 Å². The van der Waals surface area contributed by atoms with E-state index < -0.39 is 18.0 Å². The van der Waals surface area contributed by atoms with Crippen molar-refractivity contribution >= 4 is 17.6 Å². The summed E-state index contributed by atoms with van der Waals surface area (Å²) in [6.07, 6.45) is -1.13. The number of anilines is 1. The molecule has 0 aliphatic rings. The van der Waals surface area contributed by atoms with Gasteiger partial charge in [0.1, 0.15) is 11.5 Å². The molecule has 1 atom stereocenters. The highest BCUT2D eigenvalue weighted by Gasteiger charge is 2.26. The molecule has 3 aromatic rings. The highest BCUT2D eigenvalue weighted by Crippen LogP contribution is 2.27. The maximum atomic E-state index is 13.1. The Morgan fingerprint density at radius 2 is 1.57 bits per heavy atom. The predicted octanol–water partition coefficient (Wildman–Crippen LogP) is 4.63. The first kappa shape index (κ1) is 20.9. The standard InChI is InChI=1S/C24H23NO5/c1-3-29-21-12-8-7-11-20(21)25-23(26)22(17-9-5-4-6-10-17)30-24(27)18-13-15-19(28-2)16-14-18/h4-16,22H,3H2,1-2H3,(H,25,26)/t22-/m1/s1.